The molecule has 7 heteroatoms. The highest BCUT2D eigenvalue weighted by Crippen LogP contribution is 2.29. The van der Waals surface area contributed by atoms with Crippen LogP contribution in [-0.2, 0) is 6.42 Å². The van der Waals surface area contributed by atoms with Gasteiger partial charge >= 0.3 is 0 Å². The molecule has 0 saturated carbocycles. The lowest BCUT2D eigenvalue weighted by atomic mass is 10.1. The van der Waals surface area contributed by atoms with Crippen molar-refractivity contribution in [2.75, 3.05) is 12.4 Å². The van der Waals surface area contributed by atoms with Crippen LogP contribution in [0.2, 0.25) is 0 Å². The van der Waals surface area contributed by atoms with Crippen LogP contribution in [0.5, 0.6) is 5.75 Å². The maximum atomic E-state index is 12.2. The van der Waals surface area contributed by atoms with Gasteiger partial charge in [0.15, 0.2) is 10.2 Å². The molecule has 5 nitrogen and oxygen atoms in total. The van der Waals surface area contributed by atoms with Gasteiger partial charge in [-0.25, -0.2) is 4.98 Å². The number of anilines is 1. The summed E-state index contributed by atoms with van der Waals surface area (Å²) in [7, 11) is 1.62. The summed E-state index contributed by atoms with van der Waals surface area (Å²) in [5, 5.41) is 6.47. The van der Waals surface area contributed by atoms with E-state index in [0.717, 1.165) is 22.4 Å². The highest BCUT2D eigenvalue weighted by Gasteiger charge is 2.10. The fourth-order valence-electron chi connectivity index (χ4n) is 2.28. The minimum Gasteiger partial charge on any atom is -0.497 e. The average Bonchev–Trinajstić information content (AvgIpc) is 3.02. The number of fused-ring (bicyclic) bond motifs is 1. The molecular weight excluding hydrogens is 354 g/mol. The second-order valence-electron chi connectivity index (χ2n) is 5.31. The van der Waals surface area contributed by atoms with Crippen LogP contribution in [0.15, 0.2) is 42.5 Å². The first kappa shape index (κ1) is 17.3. The van der Waals surface area contributed by atoms with Crippen molar-refractivity contribution >= 4 is 49.9 Å². The summed E-state index contributed by atoms with van der Waals surface area (Å²) < 4.78 is 6.18. The number of methoxy groups -OCH3 is 1. The summed E-state index contributed by atoms with van der Waals surface area (Å²) in [5.41, 5.74) is 2.59. The second-order valence-corrected chi connectivity index (χ2v) is 6.75. The lowest BCUT2D eigenvalue weighted by molar-refractivity contribution is 0.0977. The Balaban J connectivity index is 1.66. The summed E-state index contributed by atoms with van der Waals surface area (Å²) >= 11 is 6.65. The van der Waals surface area contributed by atoms with Crippen LogP contribution in [0.1, 0.15) is 22.8 Å². The van der Waals surface area contributed by atoms with Crippen LogP contribution in [0.3, 0.4) is 0 Å². The third-order valence-electron chi connectivity index (χ3n) is 3.67. The van der Waals surface area contributed by atoms with E-state index in [1.54, 1.807) is 19.2 Å². The number of hydrogen-bond acceptors (Lipinski definition) is 5. The van der Waals surface area contributed by atoms with Crippen LogP contribution in [0, 0.1) is 0 Å². The van der Waals surface area contributed by atoms with Gasteiger partial charge in [0.25, 0.3) is 5.91 Å². The number of nitrogens with one attached hydrogen (secondary N) is 2. The number of carbonyl (C=O) groups is 1. The van der Waals surface area contributed by atoms with Gasteiger partial charge in [-0.3, -0.25) is 10.1 Å². The van der Waals surface area contributed by atoms with Crippen molar-refractivity contribution in [3.8, 4) is 5.75 Å². The van der Waals surface area contributed by atoms with Crippen molar-refractivity contribution in [1.82, 2.24) is 10.3 Å². The molecule has 0 aliphatic carbocycles. The Morgan fingerprint density at radius 2 is 2.00 bits per heavy atom. The molecule has 0 bridgehead atoms. The number of rotatable bonds is 4. The molecule has 3 aromatic rings. The molecule has 1 aromatic heterocycles. The van der Waals surface area contributed by atoms with E-state index >= 15 is 0 Å². The largest absolute Gasteiger partial charge is 0.497 e. The van der Waals surface area contributed by atoms with Gasteiger partial charge in [0.1, 0.15) is 5.75 Å². The number of thiazole rings is 1. The number of carbonyl (C=O) groups excluding carboxylic acids is 1. The Bertz CT molecular complexity index is 920. The molecule has 0 atom stereocenters. The Morgan fingerprint density at radius 1 is 1.24 bits per heavy atom. The van der Waals surface area contributed by atoms with Crippen molar-refractivity contribution < 1.29 is 9.53 Å². The summed E-state index contributed by atoms with van der Waals surface area (Å²) in [6, 6.07) is 13.1. The van der Waals surface area contributed by atoms with E-state index in [4.69, 9.17) is 17.0 Å². The molecule has 0 aliphatic rings. The van der Waals surface area contributed by atoms with E-state index in [1.165, 1.54) is 16.9 Å². The highest BCUT2D eigenvalue weighted by molar-refractivity contribution is 7.80. The van der Waals surface area contributed by atoms with E-state index < -0.39 is 0 Å². The number of nitrogens with zero attached hydrogens (tertiary/aromatic N) is 1. The Hall–Kier alpha value is -2.51. The summed E-state index contributed by atoms with van der Waals surface area (Å²) in [4.78, 5) is 16.7. The summed E-state index contributed by atoms with van der Waals surface area (Å²) in [6.07, 6.45) is 0.935. The lowest BCUT2D eigenvalue weighted by Crippen LogP contribution is -2.34. The van der Waals surface area contributed by atoms with Gasteiger partial charge in [0, 0.05) is 5.56 Å². The number of ether oxygens (including phenoxy) is 1. The monoisotopic (exact) mass is 371 g/mol. The molecule has 128 valence electrons. The first-order chi connectivity index (χ1) is 12.1. The lowest BCUT2D eigenvalue weighted by Gasteiger charge is -2.07. The Morgan fingerprint density at radius 3 is 2.68 bits per heavy atom. The number of aromatic nitrogens is 1. The van der Waals surface area contributed by atoms with Gasteiger partial charge in [-0.15, -0.1) is 0 Å². The Kier molecular flexibility index (Phi) is 5.25. The first-order valence-electron chi connectivity index (χ1n) is 7.75. The standard InChI is InChI=1S/C18H17N3O2S2/c1-3-11-4-6-12(7-5-11)16(22)20-17(24)21-18-19-14-9-8-13(23-2)10-15(14)25-18/h4-10H,3H2,1-2H3,(H2,19,20,21,22,24). The molecule has 0 spiro atoms. The zero-order chi connectivity index (χ0) is 17.8. The molecule has 2 N–H and O–H groups in total. The molecule has 25 heavy (non-hydrogen) atoms. The first-order valence-corrected chi connectivity index (χ1v) is 8.97. The minimum atomic E-state index is -0.247. The minimum absolute atomic E-state index is 0.218. The van der Waals surface area contributed by atoms with E-state index in [-0.39, 0.29) is 11.0 Å². The van der Waals surface area contributed by atoms with Gasteiger partial charge in [-0.2, -0.15) is 0 Å². The van der Waals surface area contributed by atoms with Crippen molar-refractivity contribution in [2.24, 2.45) is 0 Å². The number of thiocarbonyl (C=S) groups is 1. The highest BCUT2D eigenvalue weighted by atomic mass is 32.1. The summed E-state index contributed by atoms with van der Waals surface area (Å²) in [6.45, 7) is 2.07. The van der Waals surface area contributed by atoms with Gasteiger partial charge in [-0.1, -0.05) is 30.4 Å². The fraction of sp³-hybridized carbons (Fsp3) is 0.167. The molecule has 3 rings (SSSR count). The van der Waals surface area contributed by atoms with Crippen LogP contribution in [-0.4, -0.2) is 23.1 Å². The molecule has 0 fully saturated rings. The average molecular weight is 371 g/mol. The molecule has 1 heterocycles. The molecule has 0 unspecified atom stereocenters. The van der Waals surface area contributed by atoms with Crippen molar-refractivity contribution in [3.05, 3.63) is 53.6 Å². The molecule has 2 aromatic carbocycles. The normalized spacial score (nSPS) is 10.5. The zero-order valence-electron chi connectivity index (χ0n) is 13.8. The fourth-order valence-corrected chi connectivity index (χ4v) is 3.43. The van der Waals surface area contributed by atoms with Crippen molar-refractivity contribution in [1.29, 1.82) is 0 Å². The quantitative estimate of drug-likeness (QED) is 0.679. The van der Waals surface area contributed by atoms with E-state index in [0.29, 0.717) is 10.7 Å². The maximum Gasteiger partial charge on any atom is 0.257 e. The predicted molar refractivity (Wildman–Crippen MR) is 106 cm³/mol. The van der Waals surface area contributed by atoms with Gasteiger partial charge in [-0.05, 0) is 54.5 Å². The van der Waals surface area contributed by atoms with E-state index in [1.807, 2.05) is 30.3 Å². The third-order valence-corrected chi connectivity index (χ3v) is 4.81. The predicted octanol–water partition coefficient (Wildman–Crippen LogP) is 3.99. The van der Waals surface area contributed by atoms with Crippen LogP contribution < -0.4 is 15.4 Å². The van der Waals surface area contributed by atoms with E-state index in [2.05, 4.69) is 22.5 Å². The van der Waals surface area contributed by atoms with Crippen molar-refractivity contribution in [2.45, 2.75) is 13.3 Å². The maximum absolute atomic E-state index is 12.2. The zero-order valence-corrected chi connectivity index (χ0v) is 15.5. The number of benzene rings is 2. The molecule has 0 aliphatic heterocycles. The van der Waals surface area contributed by atoms with Gasteiger partial charge in [0.2, 0.25) is 0 Å². The SMILES string of the molecule is CCc1ccc(C(=O)NC(=S)Nc2nc3ccc(OC)cc3s2)cc1. The van der Waals surface area contributed by atoms with Gasteiger partial charge < -0.3 is 10.1 Å². The van der Waals surface area contributed by atoms with Crippen LogP contribution in [0.25, 0.3) is 10.2 Å². The second kappa shape index (κ2) is 7.58. The van der Waals surface area contributed by atoms with Gasteiger partial charge in [0.05, 0.1) is 17.3 Å². The molecule has 0 radical (unpaired) electrons. The summed E-state index contributed by atoms with van der Waals surface area (Å²) in [5.74, 6) is 0.525. The van der Waals surface area contributed by atoms with E-state index in [9.17, 15) is 4.79 Å². The molecular formula is C18H17N3O2S2. The number of aryl methyl sites for hydroxylation is 1. The third kappa shape index (κ3) is 4.12. The van der Waals surface area contributed by atoms with Crippen LogP contribution in [0.4, 0.5) is 5.13 Å². The van der Waals surface area contributed by atoms with Crippen LogP contribution >= 0.6 is 23.6 Å². The number of amides is 1. The Labute approximate surface area is 155 Å². The number of hydrogen-bond donors (Lipinski definition) is 2. The topological polar surface area (TPSA) is 63.2 Å². The van der Waals surface area contributed by atoms with Crippen molar-refractivity contribution in [3.63, 3.8) is 0 Å². The molecule has 1 amide bonds. The molecule has 0 saturated heterocycles. The smallest absolute Gasteiger partial charge is 0.257 e.